The van der Waals surface area contributed by atoms with Crippen LogP contribution in [0.5, 0.6) is 0 Å². The number of aryl methyl sites for hydroxylation is 1. The van der Waals surface area contributed by atoms with E-state index in [4.69, 9.17) is 11.6 Å². The maximum absolute atomic E-state index is 5.99. The molecule has 11 heavy (non-hydrogen) atoms. The lowest BCUT2D eigenvalue weighted by atomic mass is 10.1. The Balaban J connectivity index is 3.00. The lowest BCUT2D eigenvalue weighted by Gasteiger charge is -2.04. The van der Waals surface area contributed by atoms with Gasteiger partial charge in [0.25, 0.3) is 0 Å². The number of alkyl halides is 1. The van der Waals surface area contributed by atoms with Crippen molar-refractivity contribution in [1.82, 2.24) is 0 Å². The van der Waals surface area contributed by atoms with E-state index < -0.39 is 0 Å². The Bertz CT molecular complexity index is 225. The number of halogens is 2. The monoisotopic (exact) mass is 232 g/mol. The van der Waals surface area contributed by atoms with E-state index >= 15 is 0 Å². The molecule has 0 bridgehead atoms. The summed E-state index contributed by atoms with van der Waals surface area (Å²) in [4.78, 5) is 0. The Labute approximate surface area is 80.7 Å². The molecule has 0 aliphatic carbocycles. The van der Waals surface area contributed by atoms with Crippen LogP contribution in [0.4, 0.5) is 0 Å². The third-order valence-corrected chi connectivity index (χ3v) is 2.45. The third kappa shape index (κ3) is 2.21. The molecule has 1 aromatic rings. The summed E-state index contributed by atoms with van der Waals surface area (Å²) in [5, 5.41) is 1.85. The molecule has 0 atom stereocenters. The van der Waals surface area contributed by atoms with Gasteiger partial charge in [-0.2, -0.15) is 0 Å². The molecule has 0 unspecified atom stereocenters. The molecule has 1 aromatic carbocycles. The molecule has 0 radical (unpaired) electrons. The van der Waals surface area contributed by atoms with Crippen LogP contribution in [-0.2, 0) is 6.42 Å². The van der Waals surface area contributed by atoms with Crippen molar-refractivity contribution in [2.75, 3.05) is 5.33 Å². The molecule has 0 N–H and O–H groups in total. The molecular weight excluding hydrogens is 223 g/mol. The summed E-state index contributed by atoms with van der Waals surface area (Å²) in [6.07, 6.45) is 1.01. The van der Waals surface area contributed by atoms with Gasteiger partial charge in [-0.1, -0.05) is 39.7 Å². The zero-order chi connectivity index (χ0) is 8.27. The first-order chi connectivity index (χ1) is 5.25. The van der Waals surface area contributed by atoms with Gasteiger partial charge in [-0.3, -0.25) is 0 Å². The predicted molar refractivity (Wildman–Crippen MR) is 53.7 cm³/mol. The maximum Gasteiger partial charge on any atom is 0.0440 e. The largest absolute Gasteiger partial charge is 0.0924 e. The molecule has 1 rings (SSSR count). The first kappa shape index (κ1) is 9.08. The SMILES string of the molecule is Cc1cccc(Cl)c1CCBr. The van der Waals surface area contributed by atoms with Crippen LogP contribution in [0.1, 0.15) is 11.1 Å². The van der Waals surface area contributed by atoms with Crippen LogP contribution in [0.3, 0.4) is 0 Å². The van der Waals surface area contributed by atoms with Crippen molar-refractivity contribution >= 4 is 27.5 Å². The van der Waals surface area contributed by atoms with Gasteiger partial charge in [-0.15, -0.1) is 0 Å². The fraction of sp³-hybridized carbons (Fsp3) is 0.333. The Morgan fingerprint density at radius 1 is 1.45 bits per heavy atom. The summed E-state index contributed by atoms with van der Waals surface area (Å²) in [6.45, 7) is 2.09. The first-order valence-corrected chi connectivity index (χ1v) is 5.05. The molecular formula is C9H10BrCl. The van der Waals surface area contributed by atoms with Crippen molar-refractivity contribution < 1.29 is 0 Å². The highest BCUT2D eigenvalue weighted by atomic mass is 79.9. The van der Waals surface area contributed by atoms with Crippen LogP contribution in [-0.4, -0.2) is 5.33 Å². The minimum Gasteiger partial charge on any atom is -0.0924 e. The molecule has 0 aliphatic heterocycles. The summed E-state index contributed by atoms with van der Waals surface area (Å²) < 4.78 is 0. The molecule has 0 heterocycles. The van der Waals surface area contributed by atoms with Gasteiger partial charge in [0.15, 0.2) is 0 Å². The topological polar surface area (TPSA) is 0 Å². The van der Waals surface area contributed by atoms with Crippen LogP contribution in [0.25, 0.3) is 0 Å². The zero-order valence-electron chi connectivity index (χ0n) is 6.40. The fourth-order valence-electron chi connectivity index (χ4n) is 1.08. The molecule has 0 aromatic heterocycles. The lowest BCUT2D eigenvalue weighted by molar-refractivity contribution is 1.13. The molecule has 0 amide bonds. The second kappa shape index (κ2) is 4.13. The van der Waals surface area contributed by atoms with E-state index in [0.29, 0.717) is 0 Å². The number of benzene rings is 1. The van der Waals surface area contributed by atoms with Gasteiger partial charge in [0.1, 0.15) is 0 Å². The van der Waals surface area contributed by atoms with Crippen LogP contribution < -0.4 is 0 Å². The van der Waals surface area contributed by atoms with Crippen molar-refractivity contribution in [2.45, 2.75) is 13.3 Å². The van der Waals surface area contributed by atoms with Gasteiger partial charge in [-0.05, 0) is 30.5 Å². The average molecular weight is 234 g/mol. The third-order valence-electron chi connectivity index (χ3n) is 1.70. The van der Waals surface area contributed by atoms with Gasteiger partial charge in [0.2, 0.25) is 0 Å². The van der Waals surface area contributed by atoms with E-state index in [-0.39, 0.29) is 0 Å². The van der Waals surface area contributed by atoms with Crippen LogP contribution >= 0.6 is 27.5 Å². The summed E-state index contributed by atoms with van der Waals surface area (Å²) in [5.41, 5.74) is 2.53. The first-order valence-electron chi connectivity index (χ1n) is 3.55. The maximum atomic E-state index is 5.99. The highest BCUT2D eigenvalue weighted by Gasteiger charge is 2.00. The minimum absolute atomic E-state index is 0.879. The van der Waals surface area contributed by atoms with Crippen LogP contribution in [0.15, 0.2) is 18.2 Å². The van der Waals surface area contributed by atoms with Gasteiger partial charge < -0.3 is 0 Å². The van der Waals surface area contributed by atoms with Crippen molar-refractivity contribution in [1.29, 1.82) is 0 Å². The zero-order valence-corrected chi connectivity index (χ0v) is 8.74. The van der Waals surface area contributed by atoms with Crippen molar-refractivity contribution in [2.24, 2.45) is 0 Å². The van der Waals surface area contributed by atoms with Crippen molar-refractivity contribution in [3.63, 3.8) is 0 Å². The Kier molecular flexibility index (Phi) is 3.41. The van der Waals surface area contributed by atoms with E-state index in [9.17, 15) is 0 Å². The van der Waals surface area contributed by atoms with Crippen molar-refractivity contribution in [3.05, 3.63) is 34.3 Å². The van der Waals surface area contributed by atoms with Crippen molar-refractivity contribution in [3.8, 4) is 0 Å². The van der Waals surface area contributed by atoms with Gasteiger partial charge in [-0.25, -0.2) is 0 Å². The second-order valence-corrected chi connectivity index (χ2v) is 3.67. The van der Waals surface area contributed by atoms with E-state index in [2.05, 4.69) is 28.9 Å². The van der Waals surface area contributed by atoms with Crippen LogP contribution in [0, 0.1) is 6.92 Å². The van der Waals surface area contributed by atoms with Crippen LogP contribution in [0.2, 0.25) is 5.02 Å². The lowest BCUT2D eigenvalue weighted by Crippen LogP contribution is -1.90. The van der Waals surface area contributed by atoms with E-state index in [1.165, 1.54) is 11.1 Å². The number of rotatable bonds is 2. The molecule has 0 saturated carbocycles. The highest BCUT2D eigenvalue weighted by Crippen LogP contribution is 2.20. The smallest absolute Gasteiger partial charge is 0.0440 e. The minimum atomic E-state index is 0.879. The molecule has 0 saturated heterocycles. The molecule has 60 valence electrons. The molecule has 2 heteroatoms. The summed E-state index contributed by atoms with van der Waals surface area (Å²) in [7, 11) is 0. The fourth-order valence-corrected chi connectivity index (χ4v) is 1.79. The Morgan fingerprint density at radius 3 is 2.73 bits per heavy atom. The van der Waals surface area contributed by atoms with E-state index in [0.717, 1.165) is 16.8 Å². The average Bonchev–Trinajstić information content (AvgIpc) is 1.97. The highest BCUT2D eigenvalue weighted by molar-refractivity contribution is 9.09. The normalized spacial score (nSPS) is 10.1. The van der Waals surface area contributed by atoms with Gasteiger partial charge in [0.05, 0.1) is 0 Å². The summed E-state index contributed by atoms with van der Waals surface area (Å²) in [6, 6.07) is 6.01. The predicted octanol–water partition coefficient (Wildman–Crippen LogP) is 3.59. The Hall–Kier alpha value is -0.0100. The standard InChI is InChI=1S/C9H10BrCl/c1-7-3-2-4-9(11)8(7)5-6-10/h2-4H,5-6H2,1H3. The summed E-state index contributed by atoms with van der Waals surface area (Å²) >= 11 is 9.38. The number of hydrogen-bond donors (Lipinski definition) is 0. The molecule has 0 aliphatic rings. The quantitative estimate of drug-likeness (QED) is 0.685. The van der Waals surface area contributed by atoms with Gasteiger partial charge >= 0.3 is 0 Å². The second-order valence-electron chi connectivity index (χ2n) is 2.47. The Morgan fingerprint density at radius 2 is 2.18 bits per heavy atom. The molecule has 0 nitrogen and oxygen atoms in total. The molecule has 0 fully saturated rings. The van der Waals surface area contributed by atoms with Gasteiger partial charge in [0, 0.05) is 10.4 Å². The van der Waals surface area contributed by atoms with E-state index in [1.807, 2.05) is 12.1 Å². The molecule has 0 spiro atoms. The number of hydrogen-bond acceptors (Lipinski definition) is 0. The van der Waals surface area contributed by atoms with E-state index in [1.54, 1.807) is 0 Å². The summed E-state index contributed by atoms with van der Waals surface area (Å²) in [5.74, 6) is 0.